The molecule has 0 fully saturated rings. The Bertz CT molecular complexity index is 714. The predicted molar refractivity (Wildman–Crippen MR) is 83.8 cm³/mol. The van der Waals surface area contributed by atoms with Crippen LogP contribution in [0.1, 0.15) is 16.4 Å². The fourth-order valence-electron chi connectivity index (χ4n) is 2.46. The van der Waals surface area contributed by atoms with Crippen molar-refractivity contribution in [2.75, 3.05) is 11.1 Å². The van der Waals surface area contributed by atoms with Gasteiger partial charge in [0.05, 0.1) is 0 Å². The normalized spacial score (nSPS) is 16.8. The zero-order chi connectivity index (χ0) is 15.5. The van der Waals surface area contributed by atoms with Crippen molar-refractivity contribution in [2.24, 2.45) is 0 Å². The van der Waals surface area contributed by atoms with Gasteiger partial charge in [-0.15, -0.1) is 11.8 Å². The number of amides is 1. The van der Waals surface area contributed by atoms with E-state index in [0.717, 1.165) is 17.7 Å². The molecule has 1 aromatic carbocycles. The number of hydrogen-bond donors (Lipinski definition) is 2. The van der Waals surface area contributed by atoms with Gasteiger partial charge in [0, 0.05) is 12.3 Å². The van der Waals surface area contributed by atoms with Crippen LogP contribution in [-0.4, -0.2) is 32.5 Å². The number of carbonyl (C=O) groups excluding carboxylic acids is 1. The van der Waals surface area contributed by atoms with E-state index in [9.17, 15) is 9.59 Å². The van der Waals surface area contributed by atoms with E-state index in [1.165, 1.54) is 16.4 Å². The molecule has 0 bridgehead atoms. The van der Waals surface area contributed by atoms with Crippen LogP contribution in [0.5, 0.6) is 0 Å². The van der Waals surface area contributed by atoms with Crippen molar-refractivity contribution >= 4 is 29.5 Å². The number of anilines is 1. The minimum Gasteiger partial charge on any atom is -0.480 e. The molecule has 2 aromatic rings. The van der Waals surface area contributed by atoms with Gasteiger partial charge in [0.1, 0.15) is 11.8 Å². The Labute approximate surface area is 131 Å². The van der Waals surface area contributed by atoms with Gasteiger partial charge < -0.3 is 10.4 Å². The highest BCUT2D eigenvalue weighted by atomic mass is 32.2. The number of hydrogen-bond acceptors (Lipinski definition) is 4. The molecule has 2 heterocycles. The molecule has 3 rings (SSSR count). The van der Waals surface area contributed by atoms with Gasteiger partial charge in [-0.1, -0.05) is 24.3 Å². The molecule has 1 aliphatic rings. The highest BCUT2D eigenvalue weighted by Gasteiger charge is 2.27. The third-order valence-corrected chi connectivity index (χ3v) is 4.66. The number of rotatable bonds is 4. The number of thioether (sulfide) groups is 1. The fourth-order valence-corrected chi connectivity index (χ4v) is 3.65. The van der Waals surface area contributed by atoms with E-state index in [2.05, 4.69) is 16.5 Å². The summed E-state index contributed by atoms with van der Waals surface area (Å²) >= 11 is 1.61. The average molecular weight is 317 g/mol. The number of nitrogens with one attached hydrogen (secondary N) is 1. The van der Waals surface area contributed by atoms with E-state index in [1.54, 1.807) is 17.8 Å². The topological polar surface area (TPSA) is 84.2 Å². The minimum absolute atomic E-state index is 0.127. The maximum Gasteiger partial charge on any atom is 0.325 e. The van der Waals surface area contributed by atoms with Gasteiger partial charge in [-0.05, 0) is 23.3 Å². The number of carboxylic acids is 1. The summed E-state index contributed by atoms with van der Waals surface area (Å²) in [5.74, 6) is 0.174. The van der Waals surface area contributed by atoms with Crippen LogP contribution in [0.2, 0.25) is 0 Å². The van der Waals surface area contributed by atoms with E-state index in [1.807, 2.05) is 18.2 Å². The van der Waals surface area contributed by atoms with Crippen LogP contribution in [0, 0.1) is 0 Å². The van der Waals surface area contributed by atoms with Crippen LogP contribution < -0.4 is 5.32 Å². The van der Waals surface area contributed by atoms with E-state index in [-0.39, 0.29) is 17.7 Å². The summed E-state index contributed by atoms with van der Waals surface area (Å²) in [5.41, 5.74) is 2.25. The quantitative estimate of drug-likeness (QED) is 0.900. The molecule has 0 aliphatic carbocycles. The Balaban J connectivity index is 1.73. The van der Waals surface area contributed by atoms with Crippen LogP contribution in [0.25, 0.3) is 0 Å². The van der Waals surface area contributed by atoms with Gasteiger partial charge in [-0.2, -0.15) is 5.10 Å². The number of carboxylic acid groups (broad SMARTS) is 1. The lowest BCUT2D eigenvalue weighted by Gasteiger charge is -2.23. The molecule has 0 saturated heterocycles. The molecular weight excluding hydrogens is 302 g/mol. The smallest absolute Gasteiger partial charge is 0.325 e. The maximum atomic E-state index is 12.5. The number of nitrogens with zero attached hydrogens (tertiary/aromatic N) is 2. The van der Waals surface area contributed by atoms with E-state index >= 15 is 0 Å². The van der Waals surface area contributed by atoms with Gasteiger partial charge >= 0.3 is 5.97 Å². The van der Waals surface area contributed by atoms with Crippen molar-refractivity contribution in [1.82, 2.24) is 9.78 Å². The minimum atomic E-state index is -0.974. The summed E-state index contributed by atoms with van der Waals surface area (Å²) in [7, 11) is 0. The summed E-state index contributed by atoms with van der Waals surface area (Å²) in [6.07, 6.45) is 2.50. The summed E-state index contributed by atoms with van der Waals surface area (Å²) < 4.78 is 1.28. The van der Waals surface area contributed by atoms with Gasteiger partial charge in [-0.25, -0.2) is 0 Å². The van der Waals surface area contributed by atoms with E-state index in [4.69, 9.17) is 5.11 Å². The summed E-state index contributed by atoms with van der Waals surface area (Å²) in [6, 6.07) is 9.55. The molecule has 1 amide bonds. The first-order chi connectivity index (χ1) is 10.6. The molecule has 6 nitrogen and oxygen atoms in total. The van der Waals surface area contributed by atoms with E-state index in [0.29, 0.717) is 5.82 Å². The second-order valence-corrected chi connectivity index (χ2v) is 6.19. The van der Waals surface area contributed by atoms with Gasteiger partial charge in [-0.3, -0.25) is 14.3 Å². The number of benzene rings is 1. The zero-order valence-corrected chi connectivity index (χ0v) is 12.5. The second kappa shape index (κ2) is 6.23. The van der Waals surface area contributed by atoms with Gasteiger partial charge in [0.15, 0.2) is 5.82 Å². The zero-order valence-electron chi connectivity index (χ0n) is 11.7. The number of carbonyl (C=O) groups is 2. The Morgan fingerprint density at radius 2 is 2.18 bits per heavy atom. The molecule has 22 heavy (non-hydrogen) atoms. The van der Waals surface area contributed by atoms with Crippen molar-refractivity contribution in [1.29, 1.82) is 0 Å². The summed E-state index contributed by atoms with van der Waals surface area (Å²) in [4.78, 5) is 23.1. The first-order valence-corrected chi connectivity index (χ1v) is 7.94. The van der Waals surface area contributed by atoms with Crippen molar-refractivity contribution in [3.8, 4) is 0 Å². The third-order valence-electron chi connectivity index (χ3n) is 3.42. The summed E-state index contributed by atoms with van der Waals surface area (Å²) in [6.45, 7) is -0.225. The lowest BCUT2D eigenvalue weighted by Crippen LogP contribution is -2.23. The third kappa shape index (κ3) is 3.14. The maximum absolute atomic E-state index is 12.5. The molecule has 0 spiro atoms. The lowest BCUT2D eigenvalue weighted by molar-refractivity contribution is -0.137. The molecule has 1 unspecified atom stereocenters. The number of aliphatic carboxylic acids is 1. The highest BCUT2D eigenvalue weighted by molar-refractivity contribution is 8.00. The molecule has 0 radical (unpaired) electrons. The lowest BCUT2D eigenvalue weighted by atomic mass is 10.0. The van der Waals surface area contributed by atoms with E-state index < -0.39 is 5.97 Å². The second-order valence-electron chi connectivity index (χ2n) is 4.98. The molecule has 2 N–H and O–H groups in total. The van der Waals surface area contributed by atoms with Crippen molar-refractivity contribution in [3.05, 3.63) is 47.7 Å². The van der Waals surface area contributed by atoms with Crippen LogP contribution in [0.4, 0.5) is 5.82 Å². The van der Waals surface area contributed by atoms with Crippen LogP contribution in [-0.2, 0) is 22.6 Å². The van der Waals surface area contributed by atoms with Gasteiger partial charge in [0.2, 0.25) is 5.91 Å². The predicted octanol–water partition coefficient (Wildman–Crippen LogP) is 1.94. The average Bonchev–Trinajstić information content (AvgIpc) is 2.92. The molecule has 1 aliphatic heterocycles. The van der Waals surface area contributed by atoms with Gasteiger partial charge in [0.25, 0.3) is 0 Å². The van der Waals surface area contributed by atoms with Crippen LogP contribution >= 0.6 is 11.8 Å². The Morgan fingerprint density at radius 3 is 3.00 bits per heavy atom. The molecular formula is C15H15N3O3S. The number of fused-ring (bicyclic) bond motifs is 1. The molecule has 114 valence electrons. The highest BCUT2D eigenvalue weighted by Crippen LogP contribution is 2.37. The number of aromatic nitrogens is 2. The molecule has 0 saturated carbocycles. The number of aryl methyl sites for hydroxylation is 1. The monoisotopic (exact) mass is 317 g/mol. The van der Waals surface area contributed by atoms with Crippen molar-refractivity contribution in [3.63, 3.8) is 0 Å². The molecule has 1 aromatic heterocycles. The van der Waals surface area contributed by atoms with Crippen LogP contribution in [0.3, 0.4) is 0 Å². The molecule has 7 heteroatoms. The Kier molecular flexibility index (Phi) is 4.15. The van der Waals surface area contributed by atoms with Crippen molar-refractivity contribution in [2.45, 2.75) is 18.2 Å². The Morgan fingerprint density at radius 1 is 1.36 bits per heavy atom. The molecule has 1 atom stereocenters. The standard InChI is InChI=1S/C15H15N3O3S/c19-13(20)9-18-7-5-12(17-18)16-15(21)14-11-4-2-1-3-10(11)6-8-22-14/h1-5,7,14H,6,8-9H2,(H,19,20)(H,16,17,21). The first-order valence-electron chi connectivity index (χ1n) is 6.89. The first kappa shape index (κ1) is 14.6. The largest absolute Gasteiger partial charge is 0.480 e. The van der Waals surface area contributed by atoms with Crippen molar-refractivity contribution < 1.29 is 14.7 Å². The fraction of sp³-hybridized carbons (Fsp3) is 0.267. The summed E-state index contributed by atoms with van der Waals surface area (Å²) in [5, 5.41) is 15.3. The van der Waals surface area contributed by atoms with Crippen LogP contribution in [0.15, 0.2) is 36.5 Å². The SMILES string of the molecule is O=C(O)Cn1ccc(NC(=O)C2SCCc3ccccc32)n1. The Hall–Kier alpha value is -2.28.